The summed E-state index contributed by atoms with van der Waals surface area (Å²) in [5.74, 6) is 0. The minimum absolute atomic E-state index is 0.472. The first kappa shape index (κ1) is 14.5. The molecule has 0 aliphatic heterocycles. The van der Waals surface area contributed by atoms with E-state index < -0.39 is 6.10 Å². The van der Waals surface area contributed by atoms with Crippen LogP contribution < -0.4 is 0 Å². The molecule has 1 atom stereocenters. The SMILES string of the molecule is C[C@@H](O)c1ccc(Sc2ncnc3ccccc23)c(Br)c1. The summed E-state index contributed by atoms with van der Waals surface area (Å²) >= 11 is 5.15. The van der Waals surface area contributed by atoms with Crippen molar-refractivity contribution in [2.75, 3.05) is 0 Å². The summed E-state index contributed by atoms with van der Waals surface area (Å²) in [6, 6.07) is 13.8. The van der Waals surface area contributed by atoms with E-state index in [-0.39, 0.29) is 0 Å². The van der Waals surface area contributed by atoms with Gasteiger partial charge < -0.3 is 5.11 Å². The van der Waals surface area contributed by atoms with Crippen molar-refractivity contribution in [2.45, 2.75) is 22.9 Å². The molecule has 0 radical (unpaired) electrons. The van der Waals surface area contributed by atoms with Crippen LogP contribution in [0.5, 0.6) is 0 Å². The summed E-state index contributed by atoms with van der Waals surface area (Å²) in [4.78, 5) is 9.72. The number of aromatic nitrogens is 2. The first-order chi connectivity index (χ1) is 10.1. The maximum atomic E-state index is 9.62. The van der Waals surface area contributed by atoms with Gasteiger partial charge in [-0.1, -0.05) is 36.0 Å². The third kappa shape index (κ3) is 3.10. The lowest BCUT2D eigenvalue weighted by atomic mass is 10.1. The minimum atomic E-state index is -0.472. The van der Waals surface area contributed by atoms with Gasteiger partial charge in [0, 0.05) is 14.8 Å². The Bertz CT molecular complexity index is 787. The van der Waals surface area contributed by atoms with Gasteiger partial charge in [-0.3, -0.25) is 0 Å². The molecule has 0 saturated carbocycles. The summed E-state index contributed by atoms with van der Waals surface area (Å²) < 4.78 is 0.952. The predicted octanol–water partition coefficient (Wildman–Crippen LogP) is 4.60. The number of para-hydroxylation sites is 1. The molecule has 0 bridgehead atoms. The molecule has 0 saturated heterocycles. The van der Waals surface area contributed by atoms with Crippen LogP contribution in [0.15, 0.2) is 63.2 Å². The fourth-order valence-corrected chi connectivity index (χ4v) is 3.55. The lowest BCUT2D eigenvalue weighted by Crippen LogP contribution is -1.91. The van der Waals surface area contributed by atoms with Crippen LogP contribution >= 0.6 is 27.7 Å². The highest BCUT2D eigenvalue weighted by Crippen LogP contribution is 2.36. The van der Waals surface area contributed by atoms with Gasteiger partial charge in [0.1, 0.15) is 11.4 Å². The Hall–Kier alpha value is -1.43. The smallest absolute Gasteiger partial charge is 0.117 e. The Morgan fingerprint density at radius 2 is 1.95 bits per heavy atom. The molecular weight excluding hydrogens is 348 g/mol. The summed E-state index contributed by atoms with van der Waals surface area (Å²) in [7, 11) is 0. The fourth-order valence-electron chi connectivity index (χ4n) is 2.03. The Kier molecular flexibility index (Phi) is 4.24. The highest BCUT2D eigenvalue weighted by molar-refractivity contribution is 9.10. The van der Waals surface area contributed by atoms with Gasteiger partial charge in [0.25, 0.3) is 0 Å². The molecule has 106 valence electrons. The maximum Gasteiger partial charge on any atom is 0.117 e. The van der Waals surface area contributed by atoms with E-state index in [9.17, 15) is 5.11 Å². The average molecular weight is 361 g/mol. The minimum Gasteiger partial charge on any atom is -0.389 e. The van der Waals surface area contributed by atoms with Gasteiger partial charge in [0.05, 0.1) is 11.6 Å². The zero-order valence-electron chi connectivity index (χ0n) is 11.3. The summed E-state index contributed by atoms with van der Waals surface area (Å²) in [6.07, 6.45) is 1.11. The van der Waals surface area contributed by atoms with Gasteiger partial charge in [0.2, 0.25) is 0 Å². The molecule has 21 heavy (non-hydrogen) atoms. The highest BCUT2D eigenvalue weighted by atomic mass is 79.9. The Morgan fingerprint density at radius 3 is 2.71 bits per heavy atom. The first-order valence-electron chi connectivity index (χ1n) is 6.50. The van der Waals surface area contributed by atoms with E-state index in [1.807, 2.05) is 42.5 Å². The lowest BCUT2D eigenvalue weighted by Gasteiger charge is -2.09. The van der Waals surface area contributed by atoms with Gasteiger partial charge in [0.15, 0.2) is 0 Å². The Balaban J connectivity index is 1.99. The van der Waals surface area contributed by atoms with Crippen molar-refractivity contribution in [1.29, 1.82) is 0 Å². The van der Waals surface area contributed by atoms with Crippen LogP contribution in [0.2, 0.25) is 0 Å². The fraction of sp³-hybridized carbons (Fsp3) is 0.125. The second-order valence-corrected chi connectivity index (χ2v) is 6.55. The second-order valence-electron chi connectivity index (χ2n) is 4.66. The Morgan fingerprint density at radius 1 is 1.14 bits per heavy atom. The van der Waals surface area contributed by atoms with E-state index in [0.717, 1.165) is 30.9 Å². The number of aliphatic hydroxyl groups excluding tert-OH is 1. The molecule has 0 spiro atoms. The topological polar surface area (TPSA) is 46.0 Å². The van der Waals surface area contributed by atoms with Crippen molar-refractivity contribution in [2.24, 2.45) is 0 Å². The van der Waals surface area contributed by atoms with Crippen molar-refractivity contribution in [3.63, 3.8) is 0 Å². The number of benzene rings is 2. The molecule has 0 amide bonds. The van der Waals surface area contributed by atoms with Gasteiger partial charge >= 0.3 is 0 Å². The third-order valence-electron chi connectivity index (χ3n) is 3.15. The van der Waals surface area contributed by atoms with Crippen molar-refractivity contribution in [1.82, 2.24) is 9.97 Å². The standard InChI is InChI=1S/C16H13BrN2OS/c1-10(20)11-6-7-15(13(17)8-11)21-16-12-4-2-3-5-14(12)18-9-19-16/h2-10,20H,1H3/t10-/m1/s1. The maximum absolute atomic E-state index is 9.62. The van der Waals surface area contributed by atoms with Crippen molar-refractivity contribution >= 4 is 38.6 Å². The molecule has 1 N–H and O–H groups in total. The number of rotatable bonds is 3. The molecule has 3 rings (SSSR count). The van der Waals surface area contributed by atoms with E-state index in [1.165, 1.54) is 0 Å². The second kappa shape index (κ2) is 6.13. The average Bonchev–Trinajstić information content (AvgIpc) is 2.49. The van der Waals surface area contributed by atoms with Crippen molar-refractivity contribution < 1.29 is 5.11 Å². The molecule has 0 aliphatic carbocycles. The number of nitrogens with zero attached hydrogens (tertiary/aromatic N) is 2. The van der Waals surface area contributed by atoms with E-state index in [1.54, 1.807) is 25.0 Å². The van der Waals surface area contributed by atoms with Crippen molar-refractivity contribution in [3.05, 3.63) is 58.8 Å². The largest absolute Gasteiger partial charge is 0.389 e. The van der Waals surface area contributed by atoms with Crippen LogP contribution in [0.1, 0.15) is 18.6 Å². The summed E-state index contributed by atoms with van der Waals surface area (Å²) in [6.45, 7) is 1.76. The molecule has 1 aromatic heterocycles. The molecule has 3 aromatic rings. The highest BCUT2D eigenvalue weighted by Gasteiger charge is 2.10. The van der Waals surface area contributed by atoms with Gasteiger partial charge in [-0.25, -0.2) is 9.97 Å². The van der Waals surface area contributed by atoms with E-state index in [2.05, 4.69) is 25.9 Å². The molecular formula is C16H13BrN2OS. The van der Waals surface area contributed by atoms with E-state index in [4.69, 9.17) is 0 Å². The van der Waals surface area contributed by atoms with Gasteiger partial charge in [-0.05, 0) is 46.6 Å². The summed E-state index contributed by atoms with van der Waals surface area (Å²) in [5.41, 5.74) is 1.82. The van der Waals surface area contributed by atoms with Crippen LogP contribution in [-0.2, 0) is 0 Å². The van der Waals surface area contributed by atoms with Crippen LogP contribution in [0, 0.1) is 0 Å². The molecule has 2 aromatic carbocycles. The number of hydrogen-bond acceptors (Lipinski definition) is 4. The Labute approximate surface area is 135 Å². The van der Waals surface area contributed by atoms with Gasteiger partial charge in [-0.15, -0.1) is 0 Å². The zero-order valence-corrected chi connectivity index (χ0v) is 13.7. The number of halogens is 1. The van der Waals surface area contributed by atoms with E-state index >= 15 is 0 Å². The molecule has 3 nitrogen and oxygen atoms in total. The van der Waals surface area contributed by atoms with Crippen LogP contribution in [-0.4, -0.2) is 15.1 Å². The van der Waals surface area contributed by atoms with Crippen molar-refractivity contribution in [3.8, 4) is 0 Å². The number of aliphatic hydroxyl groups is 1. The lowest BCUT2D eigenvalue weighted by molar-refractivity contribution is 0.199. The third-order valence-corrected chi connectivity index (χ3v) is 5.16. The quantitative estimate of drug-likeness (QED) is 0.693. The van der Waals surface area contributed by atoms with Crippen LogP contribution in [0.3, 0.4) is 0 Å². The molecule has 1 heterocycles. The molecule has 0 aliphatic rings. The number of fused-ring (bicyclic) bond motifs is 1. The molecule has 0 fully saturated rings. The normalized spacial score (nSPS) is 12.5. The van der Waals surface area contributed by atoms with Crippen LogP contribution in [0.25, 0.3) is 10.9 Å². The monoisotopic (exact) mass is 360 g/mol. The van der Waals surface area contributed by atoms with E-state index in [0.29, 0.717) is 0 Å². The van der Waals surface area contributed by atoms with Crippen LogP contribution in [0.4, 0.5) is 0 Å². The molecule has 5 heteroatoms. The molecule has 0 unspecified atom stereocenters. The van der Waals surface area contributed by atoms with Gasteiger partial charge in [-0.2, -0.15) is 0 Å². The zero-order chi connectivity index (χ0) is 14.8. The first-order valence-corrected chi connectivity index (χ1v) is 8.11. The predicted molar refractivity (Wildman–Crippen MR) is 88.4 cm³/mol. The summed E-state index contributed by atoms with van der Waals surface area (Å²) in [5, 5.41) is 11.6. The number of hydrogen-bond donors (Lipinski definition) is 1.